The van der Waals surface area contributed by atoms with Crippen molar-refractivity contribution in [1.29, 1.82) is 0 Å². The number of benzene rings is 1. The van der Waals surface area contributed by atoms with Gasteiger partial charge in [0, 0.05) is 17.3 Å². The molecule has 2 aromatic rings. The van der Waals surface area contributed by atoms with Crippen LogP contribution in [0, 0.1) is 0 Å². The first-order valence-electron chi connectivity index (χ1n) is 4.17. The van der Waals surface area contributed by atoms with E-state index in [0.29, 0.717) is 11.3 Å². The minimum atomic E-state index is -0.384. The van der Waals surface area contributed by atoms with Gasteiger partial charge in [-0.15, -0.1) is 0 Å². The summed E-state index contributed by atoms with van der Waals surface area (Å²) in [6, 6.07) is 5.26. The summed E-state index contributed by atoms with van der Waals surface area (Å²) in [4.78, 5) is 14.4. The monoisotopic (exact) mass is 190 g/mol. The molecule has 0 aliphatic carbocycles. The van der Waals surface area contributed by atoms with Crippen molar-refractivity contribution in [2.45, 2.75) is 0 Å². The van der Waals surface area contributed by atoms with Crippen molar-refractivity contribution in [2.75, 3.05) is 12.8 Å². The van der Waals surface area contributed by atoms with Gasteiger partial charge in [-0.3, -0.25) is 0 Å². The molecule has 0 atom stereocenters. The zero-order valence-electron chi connectivity index (χ0n) is 7.70. The molecule has 4 heteroatoms. The van der Waals surface area contributed by atoms with Gasteiger partial charge in [-0.2, -0.15) is 0 Å². The summed E-state index contributed by atoms with van der Waals surface area (Å²) in [6.07, 6.45) is 1.76. The van der Waals surface area contributed by atoms with Gasteiger partial charge in [-0.05, 0) is 18.2 Å². The van der Waals surface area contributed by atoms with E-state index in [0.717, 1.165) is 10.9 Å². The highest BCUT2D eigenvalue weighted by atomic mass is 16.5. The average Bonchev–Trinajstić information content (AvgIpc) is 2.62. The molecule has 0 amide bonds. The molecule has 0 spiro atoms. The molecule has 0 bridgehead atoms. The van der Waals surface area contributed by atoms with Crippen molar-refractivity contribution >= 4 is 22.6 Å². The number of nitrogens with one attached hydrogen (secondary N) is 1. The van der Waals surface area contributed by atoms with Crippen LogP contribution >= 0.6 is 0 Å². The van der Waals surface area contributed by atoms with E-state index in [4.69, 9.17) is 5.73 Å². The molecule has 72 valence electrons. The summed E-state index contributed by atoms with van der Waals surface area (Å²) in [6.45, 7) is 0. The molecule has 0 aliphatic heterocycles. The SMILES string of the molecule is COC(=O)c1cc(N)cc2cc[nH]c12. The Kier molecular flexibility index (Phi) is 1.89. The average molecular weight is 190 g/mol. The molecule has 1 heterocycles. The fourth-order valence-corrected chi connectivity index (χ4v) is 1.47. The Balaban J connectivity index is 2.72. The van der Waals surface area contributed by atoms with Crippen molar-refractivity contribution < 1.29 is 9.53 Å². The fourth-order valence-electron chi connectivity index (χ4n) is 1.47. The molecule has 4 nitrogen and oxygen atoms in total. The molecule has 1 aromatic carbocycles. The predicted molar refractivity (Wildman–Crippen MR) is 54.1 cm³/mol. The largest absolute Gasteiger partial charge is 0.465 e. The second-order valence-electron chi connectivity index (χ2n) is 3.00. The molecule has 0 aliphatic rings. The number of H-pyrrole nitrogens is 1. The maximum atomic E-state index is 11.4. The number of ether oxygens (including phenoxy) is 1. The first-order valence-corrected chi connectivity index (χ1v) is 4.17. The van der Waals surface area contributed by atoms with Gasteiger partial charge in [-0.1, -0.05) is 0 Å². The van der Waals surface area contributed by atoms with E-state index in [1.54, 1.807) is 18.3 Å². The van der Waals surface area contributed by atoms with Gasteiger partial charge in [0.05, 0.1) is 18.2 Å². The van der Waals surface area contributed by atoms with Crippen LogP contribution in [0.25, 0.3) is 10.9 Å². The van der Waals surface area contributed by atoms with Gasteiger partial charge >= 0.3 is 5.97 Å². The van der Waals surface area contributed by atoms with Crippen LogP contribution in [-0.2, 0) is 4.74 Å². The number of carbonyl (C=O) groups excluding carboxylic acids is 1. The number of nitrogens with two attached hydrogens (primary N) is 1. The molecule has 0 radical (unpaired) electrons. The topological polar surface area (TPSA) is 68.1 Å². The maximum Gasteiger partial charge on any atom is 0.340 e. The number of rotatable bonds is 1. The second kappa shape index (κ2) is 3.06. The highest BCUT2D eigenvalue weighted by Gasteiger charge is 2.11. The third-order valence-corrected chi connectivity index (χ3v) is 2.09. The number of nitrogen functional groups attached to an aromatic ring is 1. The highest BCUT2D eigenvalue weighted by Crippen LogP contribution is 2.21. The van der Waals surface area contributed by atoms with Crippen molar-refractivity contribution in [1.82, 2.24) is 4.98 Å². The van der Waals surface area contributed by atoms with Crippen molar-refractivity contribution in [3.8, 4) is 0 Å². The van der Waals surface area contributed by atoms with Crippen LogP contribution in [0.15, 0.2) is 24.4 Å². The molecule has 0 saturated carbocycles. The smallest absolute Gasteiger partial charge is 0.340 e. The Morgan fingerprint density at radius 1 is 1.50 bits per heavy atom. The van der Waals surface area contributed by atoms with E-state index in [-0.39, 0.29) is 5.97 Å². The molecule has 0 fully saturated rings. The van der Waals surface area contributed by atoms with Crippen LogP contribution in [0.3, 0.4) is 0 Å². The zero-order valence-corrected chi connectivity index (χ0v) is 7.70. The van der Waals surface area contributed by atoms with Crippen LogP contribution in [0.2, 0.25) is 0 Å². The quantitative estimate of drug-likeness (QED) is 0.529. The van der Waals surface area contributed by atoms with Crippen LogP contribution < -0.4 is 5.73 Å². The van der Waals surface area contributed by atoms with Crippen molar-refractivity contribution in [2.24, 2.45) is 0 Å². The number of anilines is 1. The van der Waals surface area contributed by atoms with E-state index < -0.39 is 0 Å². The number of fused-ring (bicyclic) bond motifs is 1. The normalized spacial score (nSPS) is 10.4. The summed E-state index contributed by atoms with van der Waals surface area (Å²) in [5, 5.41) is 0.908. The Bertz CT molecular complexity index is 488. The summed E-state index contributed by atoms with van der Waals surface area (Å²) < 4.78 is 4.65. The number of aromatic nitrogens is 1. The van der Waals surface area contributed by atoms with Crippen LogP contribution in [0.1, 0.15) is 10.4 Å². The van der Waals surface area contributed by atoms with Crippen LogP contribution in [0.4, 0.5) is 5.69 Å². The summed E-state index contributed by atoms with van der Waals surface area (Å²) in [5.74, 6) is -0.384. The fraction of sp³-hybridized carbons (Fsp3) is 0.100. The molecule has 0 unspecified atom stereocenters. The van der Waals surface area contributed by atoms with E-state index in [1.165, 1.54) is 7.11 Å². The molecular formula is C10H10N2O2. The first-order chi connectivity index (χ1) is 6.72. The molecule has 2 rings (SSSR count). The Hall–Kier alpha value is -1.97. The van der Waals surface area contributed by atoms with Gasteiger partial charge in [0.25, 0.3) is 0 Å². The van der Waals surface area contributed by atoms with Crippen LogP contribution in [-0.4, -0.2) is 18.1 Å². The minimum absolute atomic E-state index is 0.384. The van der Waals surface area contributed by atoms with Gasteiger partial charge < -0.3 is 15.5 Å². The number of hydrogen-bond donors (Lipinski definition) is 2. The first kappa shape index (κ1) is 8.62. The van der Waals surface area contributed by atoms with Crippen molar-refractivity contribution in [3.05, 3.63) is 30.0 Å². The van der Waals surface area contributed by atoms with Gasteiger partial charge in [0.15, 0.2) is 0 Å². The van der Waals surface area contributed by atoms with E-state index in [2.05, 4.69) is 9.72 Å². The van der Waals surface area contributed by atoms with Gasteiger partial charge in [-0.25, -0.2) is 4.79 Å². The zero-order chi connectivity index (χ0) is 10.1. The lowest BCUT2D eigenvalue weighted by Gasteiger charge is -2.02. The highest BCUT2D eigenvalue weighted by molar-refractivity contribution is 6.04. The standard InChI is InChI=1S/C10H10N2O2/c1-14-10(13)8-5-7(11)4-6-2-3-12-9(6)8/h2-5,12H,11H2,1H3. The van der Waals surface area contributed by atoms with E-state index >= 15 is 0 Å². The third-order valence-electron chi connectivity index (χ3n) is 2.09. The molecule has 14 heavy (non-hydrogen) atoms. The second-order valence-corrected chi connectivity index (χ2v) is 3.00. The number of esters is 1. The Labute approximate surface area is 80.7 Å². The lowest BCUT2D eigenvalue weighted by atomic mass is 10.1. The molecule has 0 saturated heterocycles. The summed E-state index contributed by atoms with van der Waals surface area (Å²) in [5.41, 5.74) is 7.43. The lowest BCUT2D eigenvalue weighted by molar-refractivity contribution is 0.0603. The number of methoxy groups -OCH3 is 1. The summed E-state index contributed by atoms with van der Waals surface area (Å²) >= 11 is 0. The van der Waals surface area contributed by atoms with Crippen LogP contribution in [0.5, 0.6) is 0 Å². The third kappa shape index (κ3) is 1.21. The maximum absolute atomic E-state index is 11.4. The lowest BCUT2D eigenvalue weighted by Crippen LogP contribution is -2.03. The summed E-state index contributed by atoms with van der Waals surface area (Å²) in [7, 11) is 1.35. The molecular weight excluding hydrogens is 180 g/mol. The van der Waals surface area contributed by atoms with Crippen molar-refractivity contribution in [3.63, 3.8) is 0 Å². The number of aromatic amines is 1. The van der Waals surface area contributed by atoms with E-state index in [1.807, 2.05) is 6.07 Å². The minimum Gasteiger partial charge on any atom is -0.465 e. The van der Waals surface area contributed by atoms with Gasteiger partial charge in [0.1, 0.15) is 0 Å². The number of carbonyl (C=O) groups is 1. The van der Waals surface area contributed by atoms with Gasteiger partial charge in [0.2, 0.25) is 0 Å². The number of hydrogen-bond acceptors (Lipinski definition) is 3. The Morgan fingerprint density at radius 3 is 3.00 bits per heavy atom. The predicted octanol–water partition coefficient (Wildman–Crippen LogP) is 1.54. The van der Waals surface area contributed by atoms with E-state index in [9.17, 15) is 4.79 Å². The molecule has 3 N–H and O–H groups in total. The Morgan fingerprint density at radius 2 is 2.29 bits per heavy atom. The molecule has 1 aromatic heterocycles.